The molecule has 0 heterocycles. The summed E-state index contributed by atoms with van der Waals surface area (Å²) in [5.74, 6) is 0.164. The minimum atomic E-state index is -0.503. The van der Waals surface area contributed by atoms with Gasteiger partial charge in [-0.15, -0.1) is 0 Å². The Kier molecular flexibility index (Phi) is 6.86. The zero-order valence-corrected chi connectivity index (χ0v) is 11.8. The second-order valence-corrected chi connectivity index (χ2v) is 4.70. The van der Waals surface area contributed by atoms with Crippen LogP contribution in [-0.4, -0.2) is 25.3 Å². The second-order valence-electron chi connectivity index (χ2n) is 4.70. The molecule has 0 aliphatic heterocycles. The molecule has 1 atom stereocenters. The van der Waals surface area contributed by atoms with Crippen molar-refractivity contribution in [2.75, 3.05) is 6.61 Å². The Morgan fingerprint density at radius 3 is 2.42 bits per heavy atom. The molecule has 0 radical (unpaired) electrons. The fourth-order valence-electron chi connectivity index (χ4n) is 1.88. The number of ether oxygens (including phenoxy) is 1. The number of hydrogen-bond acceptors (Lipinski definition) is 3. The Balaban J connectivity index is 2.50. The van der Waals surface area contributed by atoms with Gasteiger partial charge in [0.1, 0.15) is 0 Å². The van der Waals surface area contributed by atoms with Gasteiger partial charge in [0.2, 0.25) is 0 Å². The van der Waals surface area contributed by atoms with Crippen LogP contribution in [-0.2, 0) is 16.0 Å². The Morgan fingerprint density at radius 2 is 1.89 bits per heavy atom. The average Bonchev–Trinajstić information content (AvgIpc) is 2.46. The molecule has 1 aromatic rings. The van der Waals surface area contributed by atoms with Crippen LogP contribution < -0.4 is 0 Å². The van der Waals surface area contributed by atoms with Gasteiger partial charge < -0.3 is 4.74 Å². The zero-order valence-electron chi connectivity index (χ0n) is 11.8. The maximum absolute atomic E-state index is 12.0. The zero-order chi connectivity index (χ0) is 14.1. The van der Waals surface area contributed by atoms with Crippen molar-refractivity contribution in [3.05, 3.63) is 35.9 Å². The highest BCUT2D eigenvalue weighted by Crippen LogP contribution is 2.11. The summed E-state index contributed by atoms with van der Waals surface area (Å²) < 4.78 is 5.34. The van der Waals surface area contributed by atoms with E-state index in [0.717, 1.165) is 18.4 Å². The van der Waals surface area contributed by atoms with E-state index in [0.29, 0.717) is 18.9 Å². The summed E-state index contributed by atoms with van der Waals surface area (Å²) in [6.45, 7) is 8.19. The third-order valence-electron chi connectivity index (χ3n) is 3.38. The summed E-state index contributed by atoms with van der Waals surface area (Å²) in [6.07, 6.45) is 2.59. The Bertz CT molecular complexity index is 385. The number of carbonyl (C=O) groups excluding carboxylic acids is 1. The molecule has 0 fully saturated rings. The molecule has 0 N–H and O–H groups in total. The smallest absolute Gasteiger partial charge is 0.331 e. The third kappa shape index (κ3) is 5.25. The summed E-state index contributed by atoms with van der Waals surface area (Å²) in [5.41, 5.74) is 1.07. The van der Waals surface area contributed by atoms with Gasteiger partial charge in [0, 0.05) is 6.42 Å². The van der Waals surface area contributed by atoms with E-state index < -0.39 is 6.04 Å². The van der Waals surface area contributed by atoms with Crippen molar-refractivity contribution >= 4 is 12.7 Å². The lowest BCUT2D eigenvalue weighted by Crippen LogP contribution is -2.25. The Labute approximate surface area is 115 Å². The fourth-order valence-corrected chi connectivity index (χ4v) is 1.88. The minimum Gasteiger partial charge on any atom is -0.464 e. The summed E-state index contributed by atoms with van der Waals surface area (Å²) in [4.78, 5) is 15.8. The van der Waals surface area contributed by atoms with Crippen molar-refractivity contribution in [3.63, 3.8) is 0 Å². The van der Waals surface area contributed by atoms with Crippen molar-refractivity contribution in [3.8, 4) is 0 Å². The van der Waals surface area contributed by atoms with Crippen LogP contribution in [0.3, 0.4) is 0 Å². The number of benzene rings is 1. The highest BCUT2D eigenvalue weighted by molar-refractivity contribution is 5.77. The predicted octanol–water partition coefficient (Wildman–Crippen LogP) is 3.28. The van der Waals surface area contributed by atoms with Gasteiger partial charge in [-0.2, -0.15) is 0 Å². The molecule has 1 rings (SSSR count). The van der Waals surface area contributed by atoms with Crippen LogP contribution in [0, 0.1) is 5.92 Å². The molecule has 0 aliphatic rings. The van der Waals surface area contributed by atoms with Gasteiger partial charge in [0.15, 0.2) is 6.04 Å². The monoisotopic (exact) mass is 261 g/mol. The summed E-state index contributed by atoms with van der Waals surface area (Å²) in [7, 11) is 0. The molecular weight excluding hydrogens is 238 g/mol. The largest absolute Gasteiger partial charge is 0.464 e. The first-order valence-electron chi connectivity index (χ1n) is 6.87. The van der Waals surface area contributed by atoms with E-state index in [1.165, 1.54) is 0 Å². The number of aliphatic imine (C=N–C) groups is 1. The quantitative estimate of drug-likeness (QED) is 0.532. The number of esters is 1. The van der Waals surface area contributed by atoms with E-state index in [4.69, 9.17) is 4.74 Å². The van der Waals surface area contributed by atoms with Crippen LogP contribution in [0.2, 0.25) is 0 Å². The molecule has 0 spiro atoms. The molecule has 0 aromatic heterocycles. The lowest BCUT2D eigenvalue weighted by molar-refractivity contribution is -0.146. The van der Waals surface area contributed by atoms with E-state index in [2.05, 4.69) is 25.6 Å². The molecule has 0 amide bonds. The van der Waals surface area contributed by atoms with E-state index in [-0.39, 0.29) is 5.97 Å². The van der Waals surface area contributed by atoms with Gasteiger partial charge in [0.05, 0.1) is 6.61 Å². The van der Waals surface area contributed by atoms with Crippen LogP contribution in [0.25, 0.3) is 0 Å². The van der Waals surface area contributed by atoms with Gasteiger partial charge in [-0.1, -0.05) is 57.0 Å². The predicted molar refractivity (Wildman–Crippen MR) is 78.5 cm³/mol. The highest BCUT2D eigenvalue weighted by atomic mass is 16.5. The molecule has 0 unspecified atom stereocenters. The molecule has 3 nitrogen and oxygen atoms in total. The maximum Gasteiger partial charge on any atom is 0.331 e. The van der Waals surface area contributed by atoms with Crippen LogP contribution >= 0.6 is 0 Å². The van der Waals surface area contributed by atoms with Crippen LogP contribution in [0.5, 0.6) is 0 Å². The topological polar surface area (TPSA) is 38.7 Å². The van der Waals surface area contributed by atoms with Gasteiger partial charge in [-0.25, -0.2) is 4.79 Å². The van der Waals surface area contributed by atoms with Crippen LogP contribution in [0.15, 0.2) is 35.3 Å². The number of hydrogen-bond donors (Lipinski definition) is 0. The highest BCUT2D eigenvalue weighted by Gasteiger charge is 2.19. The number of carbonyl (C=O) groups is 1. The van der Waals surface area contributed by atoms with E-state index in [9.17, 15) is 4.79 Å². The number of nitrogens with zero attached hydrogens (tertiary/aromatic N) is 1. The maximum atomic E-state index is 12.0. The molecule has 19 heavy (non-hydrogen) atoms. The Morgan fingerprint density at radius 1 is 1.26 bits per heavy atom. The molecule has 104 valence electrons. The molecule has 0 saturated heterocycles. The van der Waals surface area contributed by atoms with Crippen molar-refractivity contribution in [1.82, 2.24) is 0 Å². The number of rotatable bonds is 8. The van der Waals surface area contributed by atoms with Crippen molar-refractivity contribution in [2.24, 2.45) is 10.9 Å². The van der Waals surface area contributed by atoms with Gasteiger partial charge in [0.25, 0.3) is 0 Å². The molecule has 1 aromatic carbocycles. The molecule has 0 saturated carbocycles. The lowest BCUT2D eigenvalue weighted by atomic mass is 10.0. The van der Waals surface area contributed by atoms with Crippen LogP contribution in [0.4, 0.5) is 0 Å². The van der Waals surface area contributed by atoms with Crippen molar-refractivity contribution in [2.45, 2.75) is 39.2 Å². The van der Waals surface area contributed by atoms with E-state index >= 15 is 0 Å². The molecule has 0 bridgehead atoms. The SMILES string of the molecule is C=N[C@@H](Cc1ccccc1)C(=O)OCC(CC)CC. The lowest BCUT2D eigenvalue weighted by Gasteiger charge is -2.15. The first-order chi connectivity index (χ1) is 9.21. The molecule has 0 aliphatic carbocycles. The minimum absolute atomic E-state index is 0.272. The standard InChI is InChI=1S/C16H23NO2/c1-4-13(5-2)12-19-16(18)15(17-3)11-14-9-7-6-8-10-14/h6-10,13,15H,3-5,11-12H2,1-2H3/t15-/m0/s1. The molecular formula is C16H23NO2. The van der Waals surface area contributed by atoms with Crippen LogP contribution in [0.1, 0.15) is 32.3 Å². The van der Waals surface area contributed by atoms with Crippen molar-refractivity contribution in [1.29, 1.82) is 0 Å². The average molecular weight is 261 g/mol. The first kappa shape index (κ1) is 15.4. The normalized spacial score (nSPS) is 12.2. The molecule has 3 heteroatoms. The summed E-state index contributed by atoms with van der Waals surface area (Å²) in [5, 5.41) is 0. The summed E-state index contributed by atoms with van der Waals surface area (Å²) in [6, 6.07) is 9.30. The second kappa shape index (κ2) is 8.46. The van der Waals surface area contributed by atoms with Gasteiger partial charge in [-0.3, -0.25) is 4.99 Å². The van der Waals surface area contributed by atoms with Gasteiger partial charge >= 0.3 is 5.97 Å². The van der Waals surface area contributed by atoms with E-state index in [1.807, 2.05) is 30.3 Å². The fraction of sp³-hybridized carbons (Fsp3) is 0.500. The van der Waals surface area contributed by atoms with E-state index in [1.54, 1.807) is 0 Å². The Hall–Kier alpha value is -1.64. The third-order valence-corrected chi connectivity index (χ3v) is 3.38. The first-order valence-corrected chi connectivity index (χ1v) is 6.87. The summed E-state index contributed by atoms with van der Waals surface area (Å²) >= 11 is 0. The van der Waals surface area contributed by atoms with Gasteiger partial charge in [-0.05, 0) is 18.2 Å². The van der Waals surface area contributed by atoms with Crippen molar-refractivity contribution < 1.29 is 9.53 Å².